The molecule has 2 aromatic carbocycles. The van der Waals surface area contributed by atoms with E-state index in [-0.39, 0.29) is 26.1 Å². The van der Waals surface area contributed by atoms with Gasteiger partial charge in [-0.1, -0.05) is 24.3 Å². The molecule has 0 radical (unpaired) electrons. The lowest BCUT2D eigenvalue weighted by atomic mass is 10.0. The molecule has 0 saturated carbocycles. The van der Waals surface area contributed by atoms with Crippen molar-refractivity contribution in [1.82, 2.24) is 10.6 Å². The average molecular weight is 669 g/mol. The van der Waals surface area contributed by atoms with Crippen molar-refractivity contribution in [1.29, 1.82) is 0 Å². The predicted molar refractivity (Wildman–Crippen MR) is 163 cm³/mol. The Morgan fingerprint density at radius 1 is 0.667 bits per heavy atom. The number of carbonyl (C=O) groups excluding carboxylic acids is 4. The van der Waals surface area contributed by atoms with Gasteiger partial charge in [0.15, 0.2) is 12.2 Å². The van der Waals surface area contributed by atoms with E-state index in [4.69, 9.17) is 14.2 Å². The van der Waals surface area contributed by atoms with Crippen LogP contribution in [0.4, 0.5) is 11.4 Å². The molecule has 17 heteroatoms. The van der Waals surface area contributed by atoms with Crippen LogP contribution >= 0.6 is 0 Å². The molecule has 2 amide bonds. The number of esters is 2. The van der Waals surface area contributed by atoms with E-state index in [1.165, 1.54) is 24.3 Å². The van der Waals surface area contributed by atoms with Gasteiger partial charge in [-0.2, -0.15) is 0 Å². The summed E-state index contributed by atoms with van der Waals surface area (Å²) in [6.07, 6.45) is -0.411. The highest BCUT2D eigenvalue weighted by Crippen LogP contribution is 2.24. The predicted octanol–water partition coefficient (Wildman–Crippen LogP) is 0.0780. The molecule has 4 N–H and O–H groups in total. The molecular weight excluding hydrogens is 632 g/mol. The van der Waals surface area contributed by atoms with Gasteiger partial charge in [0.25, 0.3) is 11.8 Å². The molecule has 2 aromatic rings. The summed E-state index contributed by atoms with van der Waals surface area (Å²) in [5, 5.41) is 5.07. The molecule has 1 aliphatic heterocycles. The average Bonchev–Trinajstić information content (AvgIpc) is 3.74. The number of nitrogens with one attached hydrogen (secondary N) is 4. The second-order valence-corrected chi connectivity index (χ2v) is 13.7. The van der Waals surface area contributed by atoms with Crippen LogP contribution in [0.15, 0.2) is 48.5 Å². The van der Waals surface area contributed by atoms with Crippen molar-refractivity contribution in [2.75, 3.05) is 35.2 Å². The van der Waals surface area contributed by atoms with Crippen LogP contribution in [0.25, 0.3) is 0 Å². The van der Waals surface area contributed by atoms with E-state index in [1.54, 1.807) is 38.1 Å². The minimum absolute atomic E-state index is 0.0107. The quantitative estimate of drug-likeness (QED) is 0.139. The molecule has 1 aliphatic rings. The summed E-state index contributed by atoms with van der Waals surface area (Å²) in [7, 11) is -6.95. The minimum atomic E-state index is -3.48. The number of rotatable bonds is 16. The van der Waals surface area contributed by atoms with Gasteiger partial charge >= 0.3 is 11.9 Å². The summed E-state index contributed by atoms with van der Waals surface area (Å²) in [5.74, 6) is -2.92. The Labute approximate surface area is 261 Å². The number of epoxide rings is 1. The molecule has 246 valence electrons. The van der Waals surface area contributed by atoms with Crippen LogP contribution in [0.3, 0.4) is 0 Å². The lowest BCUT2D eigenvalue weighted by molar-refractivity contribution is -0.148. The monoisotopic (exact) mass is 668 g/mol. The zero-order valence-corrected chi connectivity index (χ0v) is 26.7. The Morgan fingerprint density at radius 2 is 1.00 bits per heavy atom. The van der Waals surface area contributed by atoms with Crippen LogP contribution in [-0.4, -0.2) is 90.6 Å². The topological polar surface area (TPSA) is 216 Å². The fourth-order valence-electron chi connectivity index (χ4n) is 4.21. The molecule has 0 bridgehead atoms. The maximum atomic E-state index is 12.9. The number of carbonyl (C=O) groups is 4. The zero-order chi connectivity index (χ0) is 33.4. The molecule has 45 heavy (non-hydrogen) atoms. The Bertz CT molecular complexity index is 1480. The normalized spacial score (nSPS) is 17.2. The first-order valence-corrected chi connectivity index (χ1v) is 17.6. The fourth-order valence-corrected chi connectivity index (χ4v) is 5.34. The lowest BCUT2D eigenvalue weighted by Gasteiger charge is -2.18. The lowest BCUT2D eigenvalue weighted by Crippen LogP contribution is -2.48. The maximum absolute atomic E-state index is 12.9. The van der Waals surface area contributed by atoms with Crippen LogP contribution in [0.2, 0.25) is 0 Å². The molecule has 0 spiro atoms. The van der Waals surface area contributed by atoms with Crippen LogP contribution in [-0.2, 0) is 66.3 Å². The minimum Gasteiger partial charge on any atom is -0.464 e. The molecule has 1 saturated heterocycles. The van der Waals surface area contributed by atoms with Gasteiger partial charge in [-0.25, -0.2) is 26.4 Å². The molecule has 0 unspecified atom stereocenters. The molecule has 1 heterocycles. The highest BCUT2D eigenvalue weighted by molar-refractivity contribution is 7.92. The second kappa shape index (κ2) is 15.2. The Balaban J connectivity index is 1.63. The Hall–Kier alpha value is -4.22. The molecule has 0 aliphatic carbocycles. The van der Waals surface area contributed by atoms with Gasteiger partial charge in [0.05, 0.1) is 25.7 Å². The standard InChI is InChI=1S/C28H36N4O11S2/c1-5-41-27(35)21(15-17-7-11-19(12-8-17)31-44(3,37)38)29-25(33)23-24(43-23)26(34)30-22(28(36)42-6-2)16-18-9-13-20(14-10-18)32-45(4,39)40/h7-14,21-24,31-32H,5-6,15-16H2,1-4H3,(H,29,33)(H,30,34)/t21-,22-,23-,24-/m0/s1. The van der Waals surface area contributed by atoms with Crippen LogP contribution < -0.4 is 20.1 Å². The summed E-state index contributed by atoms with van der Waals surface area (Å²) >= 11 is 0. The van der Waals surface area contributed by atoms with Gasteiger partial charge in [0.1, 0.15) is 12.1 Å². The van der Waals surface area contributed by atoms with E-state index in [2.05, 4.69) is 20.1 Å². The number of benzene rings is 2. The van der Waals surface area contributed by atoms with Gasteiger partial charge in [0.2, 0.25) is 20.0 Å². The summed E-state index contributed by atoms with van der Waals surface area (Å²) < 4.78 is 65.9. The number of hydrogen-bond acceptors (Lipinski definition) is 11. The van der Waals surface area contributed by atoms with Gasteiger partial charge in [-0.05, 0) is 49.2 Å². The van der Waals surface area contributed by atoms with Crippen LogP contribution in [0.1, 0.15) is 25.0 Å². The molecule has 4 atom stereocenters. The summed E-state index contributed by atoms with van der Waals surface area (Å²) in [6.45, 7) is 3.32. The van der Waals surface area contributed by atoms with Crippen molar-refractivity contribution in [3.05, 3.63) is 59.7 Å². The Morgan fingerprint density at radius 3 is 1.29 bits per heavy atom. The van der Waals surface area contributed by atoms with Crippen molar-refractivity contribution in [3.8, 4) is 0 Å². The third-order valence-corrected chi connectivity index (χ3v) is 7.39. The SMILES string of the molecule is CCOC(=O)[C@H](Cc1ccc(NS(C)(=O)=O)cc1)NC(=O)[C@H]1O[C@@H]1C(=O)N[C@@H](Cc1ccc(NS(C)(=O)=O)cc1)C(=O)OCC. The second-order valence-electron chi connectivity index (χ2n) is 10.2. The highest BCUT2D eigenvalue weighted by atomic mass is 32.2. The van der Waals surface area contributed by atoms with E-state index in [0.717, 1.165) is 12.5 Å². The van der Waals surface area contributed by atoms with Crippen molar-refractivity contribution in [2.24, 2.45) is 0 Å². The van der Waals surface area contributed by atoms with E-state index in [0.29, 0.717) is 22.5 Å². The fraction of sp³-hybridized carbons (Fsp3) is 0.429. The Kier molecular flexibility index (Phi) is 11.9. The van der Waals surface area contributed by atoms with Crippen molar-refractivity contribution in [2.45, 2.75) is 51.0 Å². The largest absolute Gasteiger partial charge is 0.464 e. The number of sulfonamides is 2. The molecule has 0 aromatic heterocycles. The molecule has 3 rings (SSSR count). The van der Waals surface area contributed by atoms with E-state index in [1.807, 2.05) is 0 Å². The van der Waals surface area contributed by atoms with Gasteiger partial charge < -0.3 is 24.8 Å². The van der Waals surface area contributed by atoms with E-state index in [9.17, 15) is 36.0 Å². The number of hydrogen-bond donors (Lipinski definition) is 4. The zero-order valence-electron chi connectivity index (χ0n) is 25.1. The number of amides is 2. The molecule has 15 nitrogen and oxygen atoms in total. The van der Waals surface area contributed by atoms with Gasteiger partial charge in [0, 0.05) is 24.2 Å². The summed E-state index contributed by atoms with van der Waals surface area (Å²) in [4.78, 5) is 51.1. The third-order valence-electron chi connectivity index (χ3n) is 6.18. The number of ether oxygens (including phenoxy) is 3. The third kappa shape index (κ3) is 11.7. The smallest absolute Gasteiger partial charge is 0.328 e. The highest BCUT2D eigenvalue weighted by Gasteiger charge is 2.51. The van der Waals surface area contributed by atoms with Crippen LogP contribution in [0.5, 0.6) is 0 Å². The number of anilines is 2. The summed E-state index contributed by atoms with van der Waals surface area (Å²) in [5.41, 5.74) is 1.83. The van der Waals surface area contributed by atoms with E-state index >= 15 is 0 Å². The maximum Gasteiger partial charge on any atom is 0.328 e. The molecular formula is C28H36N4O11S2. The first kappa shape index (κ1) is 35.3. The van der Waals surface area contributed by atoms with Gasteiger partial charge in [-0.15, -0.1) is 0 Å². The first-order valence-electron chi connectivity index (χ1n) is 13.8. The van der Waals surface area contributed by atoms with E-state index < -0.39 is 68.1 Å². The summed E-state index contributed by atoms with van der Waals surface area (Å²) in [6, 6.07) is 10.1. The molecule has 1 fully saturated rings. The first-order chi connectivity index (χ1) is 21.1. The van der Waals surface area contributed by atoms with Gasteiger partial charge in [-0.3, -0.25) is 19.0 Å². The van der Waals surface area contributed by atoms with Crippen molar-refractivity contribution >= 4 is 55.2 Å². The van der Waals surface area contributed by atoms with Crippen LogP contribution in [0, 0.1) is 0 Å². The van der Waals surface area contributed by atoms with Crippen molar-refractivity contribution < 1.29 is 50.2 Å². The van der Waals surface area contributed by atoms with Crippen molar-refractivity contribution in [3.63, 3.8) is 0 Å².